The summed E-state index contributed by atoms with van der Waals surface area (Å²) in [5.41, 5.74) is 4.25. The standard InChI is InChI=1S/C8H11.3C4H8O2.Ti/c1-6-4-5-7(2)8(6)3;3*1-2-3-4(5)6;/h4H2,1-3H3;3*2-3H2,1H3,(H,5,6);/q-1;;;;+4/p-3. The van der Waals surface area contributed by atoms with Crippen molar-refractivity contribution in [3.63, 3.8) is 0 Å². The fourth-order valence-electron chi connectivity index (χ4n) is 1.46. The minimum absolute atomic E-state index is 0. The minimum Gasteiger partial charge on any atom is -0.550 e. The first kappa shape index (κ1) is 33.2. The van der Waals surface area contributed by atoms with E-state index in [0.717, 1.165) is 6.42 Å². The molecule has 0 heterocycles. The molecule has 0 unspecified atom stereocenters. The number of aliphatic carboxylic acids is 3. The Balaban J connectivity index is -0.000000131. The molecule has 0 aromatic carbocycles. The van der Waals surface area contributed by atoms with E-state index in [-0.39, 0.29) is 41.0 Å². The van der Waals surface area contributed by atoms with Gasteiger partial charge < -0.3 is 29.7 Å². The molecule has 0 N–H and O–H groups in total. The zero-order chi connectivity index (χ0) is 21.1. The van der Waals surface area contributed by atoms with Crippen molar-refractivity contribution in [2.24, 2.45) is 0 Å². The molecular formula is C20H32O6Ti. The maximum atomic E-state index is 9.49. The summed E-state index contributed by atoms with van der Waals surface area (Å²) >= 11 is 0. The molecule has 0 aliphatic heterocycles. The van der Waals surface area contributed by atoms with E-state index in [2.05, 4.69) is 26.8 Å². The van der Waals surface area contributed by atoms with E-state index >= 15 is 0 Å². The molecule has 0 fully saturated rings. The first-order valence-corrected chi connectivity index (χ1v) is 8.86. The number of carbonyl (C=O) groups excluding carboxylic acids is 3. The zero-order valence-corrected chi connectivity index (χ0v) is 19.0. The van der Waals surface area contributed by atoms with Crippen LogP contribution in [-0.4, -0.2) is 17.9 Å². The summed E-state index contributed by atoms with van der Waals surface area (Å²) in [5, 5.41) is 28.5. The summed E-state index contributed by atoms with van der Waals surface area (Å²) in [5.74, 6) is -2.88. The second kappa shape index (κ2) is 22.6. The molecular weight excluding hydrogens is 384 g/mol. The summed E-state index contributed by atoms with van der Waals surface area (Å²) in [4.78, 5) is 28.5. The van der Waals surface area contributed by atoms with E-state index < -0.39 is 17.9 Å². The van der Waals surface area contributed by atoms with Gasteiger partial charge in [0.1, 0.15) is 0 Å². The van der Waals surface area contributed by atoms with Gasteiger partial charge in [-0.3, -0.25) is 6.08 Å². The number of rotatable bonds is 6. The molecule has 0 spiro atoms. The van der Waals surface area contributed by atoms with Gasteiger partial charge in [-0.05, 0) is 19.3 Å². The fourth-order valence-corrected chi connectivity index (χ4v) is 1.46. The first-order valence-electron chi connectivity index (χ1n) is 8.86. The van der Waals surface area contributed by atoms with Crippen LogP contribution in [0.4, 0.5) is 0 Å². The SMILES string of the molecule is CC1=[C-]CC(C)=C1C.CCCC(=O)[O-].CCCC(=O)[O-].CCCC(=O)[O-].[Ti+4]. The molecule has 0 saturated carbocycles. The molecule has 0 atom stereocenters. The van der Waals surface area contributed by atoms with Crippen LogP contribution in [0.15, 0.2) is 16.7 Å². The Morgan fingerprint density at radius 2 is 1.07 bits per heavy atom. The maximum Gasteiger partial charge on any atom is 4.00 e. The topological polar surface area (TPSA) is 120 Å². The van der Waals surface area contributed by atoms with Gasteiger partial charge in [-0.1, -0.05) is 53.9 Å². The second-order valence-corrected chi connectivity index (χ2v) is 5.75. The molecule has 6 nitrogen and oxygen atoms in total. The van der Waals surface area contributed by atoms with Gasteiger partial charge in [0.25, 0.3) is 0 Å². The third-order valence-electron chi connectivity index (χ3n) is 3.18. The maximum absolute atomic E-state index is 9.49. The average Bonchev–Trinajstić information content (AvgIpc) is 2.80. The van der Waals surface area contributed by atoms with Crippen molar-refractivity contribution >= 4 is 17.9 Å². The van der Waals surface area contributed by atoms with Gasteiger partial charge in [-0.15, -0.1) is 13.3 Å². The smallest absolute Gasteiger partial charge is 0.550 e. The van der Waals surface area contributed by atoms with Crippen molar-refractivity contribution in [3.05, 3.63) is 22.8 Å². The average molecular weight is 416 g/mol. The van der Waals surface area contributed by atoms with Gasteiger partial charge in [0.2, 0.25) is 0 Å². The number of carboxylic acids is 3. The van der Waals surface area contributed by atoms with Crippen LogP contribution in [0.25, 0.3) is 0 Å². The van der Waals surface area contributed by atoms with Gasteiger partial charge in [0.15, 0.2) is 0 Å². The quantitative estimate of drug-likeness (QED) is 0.472. The van der Waals surface area contributed by atoms with E-state index in [1.807, 2.05) is 0 Å². The monoisotopic (exact) mass is 416 g/mol. The normalized spacial score (nSPS) is 11.3. The summed E-state index contributed by atoms with van der Waals surface area (Å²) in [6, 6.07) is 0. The number of hydrogen-bond acceptors (Lipinski definition) is 6. The summed E-state index contributed by atoms with van der Waals surface area (Å²) in [6.45, 7) is 11.8. The molecule has 7 heteroatoms. The zero-order valence-electron chi connectivity index (χ0n) is 17.4. The number of hydrogen-bond donors (Lipinski definition) is 0. The van der Waals surface area contributed by atoms with Gasteiger partial charge in [0.05, 0.1) is 0 Å². The van der Waals surface area contributed by atoms with Crippen LogP contribution in [0, 0.1) is 6.08 Å². The van der Waals surface area contributed by atoms with Gasteiger partial charge in [0, 0.05) is 17.9 Å². The number of allylic oxidation sites excluding steroid dienone is 4. The van der Waals surface area contributed by atoms with E-state index in [0.29, 0.717) is 19.3 Å². The van der Waals surface area contributed by atoms with Gasteiger partial charge >= 0.3 is 21.7 Å². The van der Waals surface area contributed by atoms with Crippen molar-refractivity contribution in [2.75, 3.05) is 0 Å². The van der Waals surface area contributed by atoms with Crippen LogP contribution in [0.3, 0.4) is 0 Å². The van der Waals surface area contributed by atoms with E-state index in [4.69, 9.17) is 0 Å². The summed E-state index contributed by atoms with van der Waals surface area (Å²) in [6.07, 6.45) is 6.86. The van der Waals surface area contributed by atoms with Crippen molar-refractivity contribution < 1.29 is 51.4 Å². The van der Waals surface area contributed by atoms with Crippen LogP contribution < -0.4 is 15.3 Å². The number of carboxylic acid groups (broad SMARTS) is 3. The molecule has 1 rings (SSSR count). The Morgan fingerprint density at radius 1 is 0.778 bits per heavy atom. The number of carbonyl (C=O) groups is 3. The van der Waals surface area contributed by atoms with Crippen molar-refractivity contribution in [2.45, 2.75) is 86.5 Å². The molecule has 0 aromatic rings. The summed E-state index contributed by atoms with van der Waals surface area (Å²) in [7, 11) is 0. The Hall–Kier alpha value is -1.40. The van der Waals surface area contributed by atoms with Crippen molar-refractivity contribution in [3.8, 4) is 0 Å². The first-order chi connectivity index (χ1) is 12.0. The Labute approximate surface area is 178 Å². The molecule has 0 radical (unpaired) electrons. The molecule has 1 aliphatic carbocycles. The molecule has 0 amide bonds. The van der Waals surface area contributed by atoms with Gasteiger partial charge in [-0.25, -0.2) is 5.57 Å². The predicted molar refractivity (Wildman–Crippen MR) is 95.2 cm³/mol. The van der Waals surface area contributed by atoms with Crippen LogP contribution in [0.5, 0.6) is 0 Å². The fraction of sp³-hybridized carbons (Fsp3) is 0.650. The molecule has 27 heavy (non-hydrogen) atoms. The molecule has 1 aliphatic rings. The Morgan fingerprint density at radius 3 is 1.11 bits per heavy atom. The third kappa shape index (κ3) is 29.6. The molecule has 0 bridgehead atoms. The third-order valence-corrected chi connectivity index (χ3v) is 3.18. The Kier molecular flexibility index (Phi) is 27.9. The van der Waals surface area contributed by atoms with E-state index in [1.165, 1.54) is 16.7 Å². The minimum atomic E-state index is -0.961. The van der Waals surface area contributed by atoms with Gasteiger partial charge in [-0.2, -0.15) is 11.1 Å². The predicted octanol–water partition coefficient (Wildman–Crippen LogP) is 1.08. The second-order valence-electron chi connectivity index (χ2n) is 5.75. The van der Waals surface area contributed by atoms with Crippen LogP contribution >= 0.6 is 0 Å². The Bertz CT molecular complexity index is 437. The van der Waals surface area contributed by atoms with Crippen LogP contribution in [0.2, 0.25) is 0 Å². The van der Waals surface area contributed by atoms with E-state index in [1.54, 1.807) is 20.8 Å². The largest absolute Gasteiger partial charge is 4.00 e. The van der Waals surface area contributed by atoms with Crippen LogP contribution in [0.1, 0.15) is 86.5 Å². The van der Waals surface area contributed by atoms with Crippen LogP contribution in [-0.2, 0) is 36.1 Å². The summed E-state index contributed by atoms with van der Waals surface area (Å²) < 4.78 is 0. The molecule has 0 saturated heterocycles. The van der Waals surface area contributed by atoms with Crippen molar-refractivity contribution in [1.82, 2.24) is 0 Å². The van der Waals surface area contributed by atoms with Crippen molar-refractivity contribution in [1.29, 1.82) is 0 Å². The molecule has 0 aromatic heterocycles. The molecule has 152 valence electrons. The van der Waals surface area contributed by atoms with E-state index in [9.17, 15) is 29.7 Å².